The third kappa shape index (κ3) is 3.07. The molecule has 3 N–H and O–H groups in total. The van der Waals surface area contributed by atoms with Gasteiger partial charge in [0, 0.05) is 11.6 Å². The number of carbonyl (C=O) groups is 1. The Labute approximate surface area is 117 Å². The van der Waals surface area contributed by atoms with Crippen molar-refractivity contribution < 1.29 is 14.6 Å². The summed E-state index contributed by atoms with van der Waals surface area (Å²) in [6.45, 7) is 3.31. The van der Waals surface area contributed by atoms with E-state index in [-0.39, 0.29) is 23.2 Å². The average molecular weight is 294 g/mol. The van der Waals surface area contributed by atoms with Crippen molar-refractivity contribution in [2.24, 2.45) is 11.1 Å². The number of esters is 1. The maximum atomic E-state index is 11.6. The average Bonchev–Trinajstić information content (AvgIpc) is 2.30. The number of halogens is 2. The summed E-state index contributed by atoms with van der Waals surface area (Å²) >= 11 is 5.80. The van der Waals surface area contributed by atoms with Crippen molar-refractivity contribution in [2.75, 3.05) is 7.11 Å². The van der Waals surface area contributed by atoms with E-state index in [0.717, 1.165) is 0 Å². The minimum Gasteiger partial charge on any atom is -0.506 e. The van der Waals surface area contributed by atoms with Crippen LogP contribution in [0.2, 0.25) is 5.02 Å². The Morgan fingerprint density at radius 1 is 1.50 bits per heavy atom. The summed E-state index contributed by atoms with van der Waals surface area (Å²) in [5, 5.41) is 10.0. The zero-order valence-electron chi connectivity index (χ0n) is 10.4. The fraction of sp³-hybridized carbons (Fsp3) is 0.417. The van der Waals surface area contributed by atoms with Gasteiger partial charge in [-0.1, -0.05) is 23.7 Å². The number of phenols is 1. The Kier molecular flexibility index (Phi) is 5.93. The standard InChI is InChI=1S/C12H16ClNO3.ClH/c1-12(2,11(16)17-3)10(14)7-5-4-6-8(13)9(7)15;/h4-6,10,15H,14H2,1-3H3;1H/t10-;/m0./s1. The van der Waals surface area contributed by atoms with Crippen LogP contribution >= 0.6 is 24.0 Å². The molecule has 6 heteroatoms. The third-order valence-electron chi connectivity index (χ3n) is 2.84. The molecule has 0 aromatic heterocycles. The van der Waals surface area contributed by atoms with E-state index in [1.807, 2.05) is 0 Å². The highest BCUT2D eigenvalue weighted by Crippen LogP contribution is 2.39. The van der Waals surface area contributed by atoms with Crippen LogP contribution in [0.5, 0.6) is 5.75 Å². The van der Waals surface area contributed by atoms with Crippen molar-refractivity contribution in [1.29, 1.82) is 0 Å². The van der Waals surface area contributed by atoms with Crippen LogP contribution in [-0.2, 0) is 9.53 Å². The number of nitrogens with two attached hydrogens (primary N) is 1. The number of benzene rings is 1. The van der Waals surface area contributed by atoms with Gasteiger partial charge in [-0.15, -0.1) is 12.4 Å². The van der Waals surface area contributed by atoms with E-state index in [4.69, 9.17) is 22.1 Å². The quantitative estimate of drug-likeness (QED) is 0.841. The number of ether oxygens (including phenoxy) is 1. The van der Waals surface area contributed by atoms with E-state index in [2.05, 4.69) is 0 Å². The fourth-order valence-electron chi connectivity index (χ4n) is 1.56. The smallest absolute Gasteiger partial charge is 0.313 e. The van der Waals surface area contributed by atoms with Gasteiger partial charge in [0.1, 0.15) is 5.75 Å². The second-order valence-electron chi connectivity index (χ2n) is 4.37. The molecule has 0 saturated heterocycles. The Morgan fingerprint density at radius 3 is 2.56 bits per heavy atom. The number of rotatable bonds is 3. The van der Waals surface area contributed by atoms with Crippen molar-refractivity contribution in [3.63, 3.8) is 0 Å². The molecular formula is C12H17Cl2NO3. The van der Waals surface area contributed by atoms with E-state index in [0.29, 0.717) is 5.56 Å². The maximum Gasteiger partial charge on any atom is 0.313 e. The number of hydrogen-bond acceptors (Lipinski definition) is 4. The fourth-order valence-corrected chi connectivity index (χ4v) is 1.74. The summed E-state index contributed by atoms with van der Waals surface area (Å²) < 4.78 is 4.69. The molecule has 0 amide bonds. The molecule has 0 fully saturated rings. The van der Waals surface area contributed by atoms with Gasteiger partial charge in [0.15, 0.2) is 0 Å². The highest BCUT2D eigenvalue weighted by Gasteiger charge is 2.37. The van der Waals surface area contributed by atoms with Crippen molar-refractivity contribution in [2.45, 2.75) is 19.9 Å². The van der Waals surface area contributed by atoms with Gasteiger partial charge in [0.25, 0.3) is 0 Å². The molecule has 0 heterocycles. The maximum absolute atomic E-state index is 11.6. The summed E-state index contributed by atoms with van der Waals surface area (Å²) in [6.07, 6.45) is 0. The largest absolute Gasteiger partial charge is 0.506 e. The molecule has 0 aliphatic carbocycles. The van der Waals surface area contributed by atoms with E-state index in [9.17, 15) is 9.90 Å². The van der Waals surface area contributed by atoms with Crippen LogP contribution in [0.3, 0.4) is 0 Å². The van der Waals surface area contributed by atoms with E-state index in [1.54, 1.807) is 32.0 Å². The van der Waals surface area contributed by atoms with E-state index < -0.39 is 17.4 Å². The molecule has 0 bridgehead atoms. The highest BCUT2D eigenvalue weighted by atomic mass is 35.5. The molecule has 0 radical (unpaired) electrons. The first-order chi connectivity index (χ1) is 7.82. The number of aromatic hydroxyl groups is 1. The molecule has 18 heavy (non-hydrogen) atoms. The molecule has 0 spiro atoms. The van der Waals surface area contributed by atoms with Gasteiger partial charge in [-0.05, 0) is 19.9 Å². The van der Waals surface area contributed by atoms with Crippen molar-refractivity contribution in [3.05, 3.63) is 28.8 Å². The second-order valence-corrected chi connectivity index (χ2v) is 4.78. The summed E-state index contributed by atoms with van der Waals surface area (Å²) in [4.78, 5) is 11.6. The molecule has 0 saturated carbocycles. The van der Waals surface area contributed by atoms with Crippen LogP contribution in [-0.4, -0.2) is 18.2 Å². The lowest BCUT2D eigenvalue weighted by molar-refractivity contribution is -0.152. The normalized spacial score (nSPS) is 12.5. The molecule has 1 aromatic carbocycles. The number of hydrogen-bond donors (Lipinski definition) is 2. The zero-order valence-corrected chi connectivity index (χ0v) is 12.0. The zero-order chi connectivity index (χ0) is 13.2. The lowest BCUT2D eigenvalue weighted by Gasteiger charge is -2.29. The predicted molar refractivity (Wildman–Crippen MR) is 73.1 cm³/mol. The van der Waals surface area contributed by atoms with Crippen molar-refractivity contribution >= 4 is 30.0 Å². The van der Waals surface area contributed by atoms with Gasteiger partial charge in [0.05, 0.1) is 17.5 Å². The van der Waals surface area contributed by atoms with Crippen LogP contribution in [0.25, 0.3) is 0 Å². The number of carbonyl (C=O) groups excluding carboxylic acids is 1. The second kappa shape index (κ2) is 6.27. The highest BCUT2D eigenvalue weighted by molar-refractivity contribution is 6.32. The minimum absolute atomic E-state index is 0. The Balaban J connectivity index is 0.00000289. The molecular weight excluding hydrogens is 277 g/mol. The van der Waals surface area contributed by atoms with Gasteiger partial charge >= 0.3 is 5.97 Å². The van der Waals surface area contributed by atoms with Crippen LogP contribution in [0.1, 0.15) is 25.5 Å². The molecule has 4 nitrogen and oxygen atoms in total. The molecule has 102 valence electrons. The van der Waals surface area contributed by atoms with Crippen LogP contribution < -0.4 is 5.73 Å². The molecule has 0 unspecified atom stereocenters. The first-order valence-electron chi connectivity index (χ1n) is 5.13. The van der Waals surface area contributed by atoms with Crippen LogP contribution in [0.4, 0.5) is 0 Å². The topological polar surface area (TPSA) is 72.5 Å². The number of phenolic OH excluding ortho intramolecular Hbond substituents is 1. The van der Waals surface area contributed by atoms with Crippen LogP contribution in [0, 0.1) is 5.41 Å². The molecule has 0 aliphatic rings. The van der Waals surface area contributed by atoms with Crippen molar-refractivity contribution in [1.82, 2.24) is 0 Å². The molecule has 1 atom stereocenters. The van der Waals surface area contributed by atoms with E-state index in [1.165, 1.54) is 7.11 Å². The SMILES string of the molecule is COC(=O)C(C)(C)[C@@H](N)c1cccc(Cl)c1O.Cl. The lowest BCUT2D eigenvalue weighted by Crippen LogP contribution is -2.37. The van der Waals surface area contributed by atoms with Gasteiger partial charge in [-0.25, -0.2) is 0 Å². The Morgan fingerprint density at radius 2 is 2.06 bits per heavy atom. The van der Waals surface area contributed by atoms with Gasteiger partial charge in [-0.2, -0.15) is 0 Å². The van der Waals surface area contributed by atoms with Gasteiger partial charge in [-0.3, -0.25) is 4.79 Å². The monoisotopic (exact) mass is 293 g/mol. The summed E-state index contributed by atoms with van der Waals surface area (Å²) in [5.41, 5.74) is 5.48. The Hall–Kier alpha value is -0.970. The third-order valence-corrected chi connectivity index (χ3v) is 3.15. The van der Waals surface area contributed by atoms with Crippen molar-refractivity contribution in [3.8, 4) is 5.75 Å². The lowest BCUT2D eigenvalue weighted by atomic mass is 9.81. The summed E-state index contributed by atoms with van der Waals surface area (Å²) in [6, 6.07) is 4.16. The molecule has 0 aliphatic heterocycles. The van der Waals surface area contributed by atoms with Crippen LogP contribution in [0.15, 0.2) is 18.2 Å². The van der Waals surface area contributed by atoms with Gasteiger partial charge < -0.3 is 15.6 Å². The Bertz CT molecular complexity index is 435. The summed E-state index contributed by atoms with van der Waals surface area (Å²) in [7, 11) is 1.30. The van der Waals surface area contributed by atoms with E-state index >= 15 is 0 Å². The van der Waals surface area contributed by atoms with Gasteiger partial charge in [0.2, 0.25) is 0 Å². The molecule has 1 aromatic rings. The molecule has 1 rings (SSSR count). The minimum atomic E-state index is -0.948. The summed E-state index contributed by atoms with van der Waals surface area (Å²) in [5.74, 6) is -0.539. The first-order valence-corrected chi connectivity index (χ1v) is 5.51. The number of methoxy groups -OCH3 is 1. The number of para-hydroxylation sites is 1. The first kappa shape index (κ1) is 17.0. The predicted octanol–water partition coefficient (Wildman–Crippen LogP) is 2.67.